The Labute approximate surface area is 89.9 Å². The van der Waals surface area contributed by atoms with Gasteiger partial charge in [0, 0.05) is 13.1 Å². The second kappa shape index (κ2) is 4.51. The van der Waals surface area contributed by atoms with Crippen molar-refractivity contribution in [2.75, 3.05) is 13.1 Å². The van der Waals surface area contributed by atoms with E-state index in [4.69, 9.17) is 10.9 Å². The third-order valence-electron chi connectivity index (χ3n) is 3.27. The molecule has 5 heteroatoms. The Hall–Kier alpha value is -1.26. The van der Waals surface area contributed by atoms with Crippen LogP contribution in [0.25, 0.3) is 0 Å². The Bertz CT molecular complexity index is 268. The molecule has 86 valence electrons. The van der Waals surface area contributed by atoms with Crippen LogP contribution in [0.5, 0.6) is 0 Å². The second-order valence-corrected chi connectivity index (χ2v) is 3.90. The van der Waals surface area contributed by atoms with Crippen LogP contribution in [0.3, 0.4) is 0 Å². The number of nitrogens with zero attached hydrogens (tertiary/aromatic N) is 2. The number of carbonyl (C=O) groups excluding carboxylic acids is 1. The molecule has 0 unspecified atom stereocenters. The summed E-state index contributed by atoms with van der Waals surface area (Å²) < 4.78 is 0. The van der Waals surface area contributed by atoms with Gasteiger partial charge in [-0.1, -0.05) is 11.6 Å². The average molecular weight is 213 g/mol. The van der Waals surface area contributed by atoms with E-state index in [2.05, 4.69) is 5.16 Å². The van der Waals surface area contributed by atoms with E-state index in [0.29, 0.717) is 25.9 Å². The number of oxime groups is 1. The van der Waals surface area contributed by atoms with Crippen LogP contribution in [0.2, 0.25) is 0 Å². The van der Waals surface area contributed by atoms with Gasteiger partial charge in [-0.25, -0.2) is 0 Å². The topological polar surface area (TPSA) is 78.9 Å². The van der Waals surface area contributed by atoms with Crippen molar-refractivity contribution in [3.63, 3.8) is 0 Å². The van der Waals surface area contributed by atoms with Gasteiger partial charge in [0.25, 0.3) is 0 Å². The molecule has 0 heterocycles. The molecule has 15 heavy (non-hydrogen) atoms. The monoisotopic (exact) mass is 213 g/mol. The number of hydrogen-bond acceptors (Lipinski definition) is 3. The van der Waals surface area contributed by atoms with Gasteiger partial charge in [-0.2, -0.15) is 0 Å². The van der Waals surface area contributed by atoms with E-state index < -0.39 is 5.41 Å². The number of amidine groups is 1. The van der Waals surface area contributed by atoms with Crippen molar-refractivity contribution in [3.05, 3.63) is 0 Å². The molecule has 0 saturated heterocycles. The predicted octanol–water partition coefficient (Wildman–Crippen LogP) is 0.771. The minimum Gasteiger partial charge on any atom is -0.409 e. The van der Waals surface area contributed by atoms with E-state index in [1.165, 1.54) is 0 Å². The number of nitrogens with two attached hydrogens (primary N) is 1. The summed E-state index contributed by atoms with van der Waals surface area (Å²) in [6.45, 7) is 5.19. The molecule has 0 bridgehead atoms. The second-order valence-electron chi connectivity index (χ2n) is 3.90. The van der Waals surface area contributed by atoms with Gasteiger partial charge in [-0.3, -0.25) is 4.79 Å². The van der Waals surface area contributed by atoms with Crippen molar-refractivity contribution in [1.29, 1.82) is 0 Å². The fourth-order valence-corrected chi connectivity index (χ4v) is 2.02. The largest absolute Gasteiger partial charge is 0.409 e. The summed E-state index contributed by atoms with van der Waals surface area (Å²) in [5.74, 6) is 0.0553. The molecule has 0 aromatic heterocycles. The molecule has 1 amide bonds. The maximum atomic E-state index is 12.2. The van der Waals surface area contributed by atoms with E-state index in [-0.39, 0.29) is 11.7 Å². The minimum atomic E-state index is -0.721. The Morgan fingerprint density at radius 2 is 2.00 bits per heavy atom. The highest BCUT2D eigenvalue weighted by Gasteiger charge is 2.49. The minimum absolute atomic E-state index is 0.00551. The summed E-state index contributed by atoms with van der Waals surface area (Å²) >= 11 is 0. The lowest BCUT2D eigenvalue weighted by Gasteiger charge is -2.41. The van der Waals surface area contributed by atoms with Crippen LogP contribution < -0.4 is 5.73 Å². The predicted molar refractivity (Wildman–Crippen MR) is 57.6 cm³/mol. The summed E-state index contributed by atoms with van der Waals surface area (Å²) in [6, 6.07) is 0. The zero-order valence-corrected chi connectivity index (χ0v) is 9.36. The van der Waals surface area contributed by atoms with Gasteiger partial charge in [0.15, 0.2) is 5.84 Å². The maximum Gasteiger partial charge on any atom is 0.236 e. The molecule has 1 aliphatic rings. The van der Waals surface area contributed by atoms with Crippen LogP contribution in [0.15, 0.2) is 5.16 Å². The lowest BCUT2D eigenvalue weighted by atomic mass is 9.67. The highest BCUT2D eigenvalue weighted by Crippen LogP contribution is 2.42. The number of carbonyl (C=O) groups is 1. The number of amides is 1. The third-order valence-corrected chi connectivity index (χ3v) is 3.27. The number of hydrogen-bond donors (Lipinski definition) is 2. The van der Waals surface area contributed by atoms with Crippen molar-refractivity contribution in [2.45, 2.75) is 33.1 Å². The molecule has 5 nitrogen and oxygen atoms in total. The van der Waals surface area contributed by atoms with E-state index >= 15 is 0 Å². The molecule has 1 saturated carbocycles. The molecule has 3 N–H and O–H groups in total. The molecule has 1 rings (SSSR count). The van der Waals surface area contributed by atoms with Gasteiger partial charge < -0.3 is 15.8 Å². The van der Waals surface area contributed by atoms with Gasteiger partial charge in [-0.15, -0.1) is 0 Å². The van der Waals surface area contributed by atoms with Crippen LogP contribution in [-0.4, -0.2) is 34.9 Å². The first kappa shape index (κ1) is 11.8. The van der Waals surface area contributed by atoms with E-state index in [0.717, 1.165) is 6.42 Å². The first-order valence-electron chi connectivity index (χ1n) is 5.39. The molecule has 0 aromatic rings. The summed E-state index contributed by atoms with van der Waals surface area (Å²) in [5.41, 5.74) is 4.89. The lowest BCUT2D eigenvalue weighted by molar-refractivity contribution is -0.141. The maximum absolute atomic E-state index is 12.2. The highest BCUT2D eigenvalue weighted by molar-refractivity contribution is 6.07. The van der Waals surface area contributed by atoms with Crippen LogP contribution >= 0.6 is 0 Å². The SMILES string of the molecule is CCN(CC)C(=O)C1(C(N)=NO)CCC1. The van der Waals surface area contributed by atoms with Gasteiger partial charge in [0.2, 0.25) is 5.91 Å². The Kier molecular flexibility index (Phi) is 3.55. The van der Waals surface area contributed by atoms with E-state index in [1.54, 1.807) is 4.90 Å². The van der Waals surface area contributed by atoms with Crippen LogP contribution in [0.1, 0.15) is 33.1 Å². The van der Waals surface area contributed by atoms with Gasteiger partial charge >= 0.3 is 0 Å². The molecule has 1 fully saturated rings. The smallest absolute Gasteiger partial charge is 0.236 e. The molecular formula is C10H19N3O2. The van der Waals surface area contributed by atoms with Crippen LogP contribution in [0, 0.1) is 5.41 Å². The quantitative estimate of drug-likeness (QED) is 0.313. The normalized spacial score (nSPS) is 19.5. The average Bonchev–Trinajstić information content (AvgIpc) is 2.17. The van der Waals surface area contributed by atoms with Gasteiger partial charge in [0.1, 0.15) is 5.41 Å². The Morgan fingerprint density at radius 3 is 2.27 bits per heavy atom. The molecule has 0 radical (unpaired) electrons. The third kappa shape index (κ3) is 1.78. The number of rotatable bonds is 4. The molecule has 1 aliphatic carbocycles. The van der Waals surface area contributed by atoms with Crippen molar-refractivity contribution >= 4 is 11.7 Å². The Balaban J connectivity index is 2.87. The van der Waals surface area contributed by atoms with E-state index in [9.17, 15) is 4.79 Å². The Morgan fingerprint density at radius 1 is 1.47 bits per heavy atom. The fourth-order valence-electron chi connectivity index (χ4n) is 2.02. The zero-order chi connectivity index (χ0) is 11.5. The first-order chi connectivity index (χ1) is 7.12. The molecule has 0 aliphatic heterocycles. The standard InChI is InChI=1S/C10H19N3O2/c1-3-13(4-2)9(14)10(6-5-7-10)8(11)12-15/h15H,3-7H2,1-2H3,(H2,11,12). The molecule has 0 aromatic carbocycles. The first-order valence-corrected chi connectivity index (χ1v) is 5.39. The van der Waals surface area contributed by atoms with Crippen molar-refractivity contribution in [1.82, 2.24) is 4.90 Å². The summed E-state index contributed by atoms with van der Waals surface area (Å²) in [5, 5.41) is 11.7. The lowest BCUT2D eigenvalue weighted by Crippen LogP contribution is -2.55. The molecule has 0 spiro atoms. The summed E-state index contributed by atoms with van der Waals surface area (Å²) in [7, 11) is 0. The molecular weight excluding hydrogens is 194 g/mol. The molecule has 0 atom stereocenters. The summed E-state index contributed by atoms with van der Waals surface area (Å²) in [6.07, 6.45) is 2.35. The highest BCUT2D eigenvalue weighted by atomic mass is 16.4. The van der Waals surface area contributed by atoms with Gasteiger partial charge in [0.05, 0.1) is 0 Å². The van der Waals surface area contributed by atoms with Crippen molar-refractivity contribution in [2.24, 2.45) is 16.3 Å². The zero-order valence-electron chi connectivity index (χ0n) is 9.36. The van der Waals surface area contributed by atoms with Crippen LogP contribution in [0.4, 0.5) is 0 Å². The van der Waals surface area contributed by atoms with E-state index in [1.807, 2.05) is 13.8 Å². The van der Waals surface area contributed by atoms with Gasteiger partial charge in [-0.05, 0) is 26.7 Å². The fraction of sp³-hybridized carbons (Fsp3) is 0.800. The summed E-state index contributed by atoms with van der Waals surface area (Å²) in [4.78, 5) is 13.9. The van der Waals surface area contributed by atoms with Crippen molar-refractivity contribution < 1.29 is 10.0 Å². The van der Waals surface area contributed by atoms with Crippen LogP contribution in [-0.2, 0) is 4.79 Å². The van der Waals surface area contributed by atoms with Crippen molar-refractivity contribution in [3.8, 4) is 0 Å².